The summed E-state index contributed by atoms with van der Waals surface area (Å²) in [6.07, 6.45) is 0. The van der Waals surface area contributed by atoms with E-state index in [-0.39, 0.29) is 0 Å². The second-order valence-corrected chi connectivity index (χ2v) is 6.76. The van der Waals surface area contributed by atoms with E-state index < -0.39 is 6.03 Å². The molecule has 7 heteroatoms. The minimum absolute atomic E-state index is 0.437. The standard InChI is InChI=1S/C3H8I2N4O/c4-2(5)1-7-9-3(10)8-6/h2,7H,1,6H2,(H2,8,9,10). The summed E-state index contributed by atoms with van der Waals surface area (Å²) in [5.74, 6) is 4.78. The van der Waals surface area contributed by atoms with Crippen molar-refractivity contribution in [3.8, 4) is 0 Å². The van der Waals surface area contributed by atoms with Crippen molar-refractivity contribution in [3.05, 3.63) is 0 Å². The second kappa shape index (κ2) is 6.37. The van der Waals surface area contributed by atoms with E-state index in [0.29, 0.717) is 8.48 Å². The lowest BCUT2D eigenvalue weighted by Gasteiger charge is -2.05. The molecule has 0 bridgehead atoms. The molecule has 0 fully saturated rings. The van der Waals surface area contributed by atoms with Gasteiger partial charge in [-0.1, -0.05) is 45.2 Å². The fourth-order valence-corrected chi connectivity index (χ4v) is 0.685. The summed E-state index contributed by atoms with van der Waals surface area (Å²) in [7, 11) is 0. The summed E-state index contributed by atoms with van der Waals surface area (Å²) in [6.45, 7) is 0.703. The van der Waals surface area contributed by atoms with Crippen LogP contribution in [0.25, 0.3) is 0 Å². The highest BCUT2D eigenvalue weighted by atomic mass is 127. The number of nitrogens with two attached hydrogens (primary N) is 1. The van der Waals surface area contributed by atoms with Gasteiger partial charge in [0, 0.05) is 6.54 Å². The van der Waals surface area contributed by atoms with Gasteiger partial charge in [0.05, 0.1) is 1.93 Å². The van der Waals surface area contributed by atoms with Crippen LogP contribution in [0.3, 0.4) is 0 Å². The van der Waals surface area contributed by atoms with E-state index in [1.54, 1.807) is 0 Å². The van der Waals surface area contributed by atoms with Crippen LogP contribution in [-0.4, -0.2) is 14.5 Å². The van der Waals surface area contributed by atoms with Gasteiger partial charge in [-0.3, -0.25) is 10.9 Å². The lowest BCUT2D eigenvalue weighted by Crippen LogP contribution is -2.47. The Morgan fingerprint density at radius 1 is 1.60 bits per heavy atom. The van der Waals surface area contributed by atoms with Gasteiger partial charge in [-0.25, -0.2) is 16.1 Å². The van der Waals surface area contributed by atoms with Crippen molar-refractivity contribution in [2.24, 2.45) is 5.84 Å². The number of hydrogen-bond donors (Lipinski definition) is 4. The summed E-state index contributed by atoms with van der Waals surface area (Å²) in [5, 5.41) is 0. The number of halogens is 2. The number of hydrazine groups is 2. The first-order valence-electron chi connectivity index (χ1n) is 2.44. The molecule has 2 amide bonds. The Hall–Kier alpha value is 0.650. The highest BCUT2D eigenvalue weighted by molar-refractivity contribution is 14.2. The molecule has 5 nitrogen and oxygen atoms in total. The second-order valence-electron chi connectivity index (χ2n) is 1.37. The Morgan fingerprint density at radius 2 is 2.20 bits per heavy atom. The van der Waals surface area contributed by atoms with Crippen LogP contribution in [0.5, 0.6) is 0 Å². The molecule has 0 spiro atoms. The predicted octanol–water partition coefficient (Wildman–Crippen LogP) is -0.140. The van der Waals surface area contributed by atoms with Gasteiger partial charge in [0.25, 0.3) is 0 Å². The molecule has 0 radical (unpaired) electrons. The van der Waals surface area contributed by atoms with Gasteiger partial charge in [0.1, 0.15) is 0 Å². The summed E-state index contributed by atoms with van der Waals surface area (Å²) in [6, 6.07) is -0.437. The van der Waals surface area contributed by atoms with E-state index in [0.717, 1.165) is 0 Å². The molecule has 0 aromatic carbocycles. The van der Waals surface area contributed by atoms with E-state index in [1.807, 2.05) is 5.43 Å². The normalized spacial score (nSPS) is 9.60. The van der Waals surface area contributed by atoms with Crippen LogP contribution >= 0.6 is 45.2 Å². The number of amides is 2. The Balaban J connectivity index is 3.12. The van der Waals surface area contributed by atoms with Crippen LogP contribution in [0.2, 0.25) is 0 Å². The molecule has 0 aromatic rings. The molecule has 0 aliphatic heterocycles. The lowest BCUT2D eigenvalue weighted by atomic mass is 10.8. The van der Waals surface area contributed by atoms with Gasteiger partial charge >= 0.3 is 6.03 Å². The third-order valence-electron chi connectivity index (χ3n) is 0.589. The van der Waals surface area contributed by atoms with Gasteiger partial charge in [0.15, 0.2) is 0 Å². The lowest BCUT2D eigenvalue weighted by molar-refractivity contribution is 0.237. The maximum absolute atomic E-state index is 10.4. The van der Waals surface area contributed by atoms with Crippen LogP contribution < -0.4 is 22.1 Å². The first-order valence-corrected chi connectivity index (χ1v) is 4.93. The number of urea groups is 1. The van der Waals surface area contributed by atoms with Crippen molar-refractivity contribution in [1.82, 2.24) is 16.3 Å². The van der Waals surface area contributed by atoms with Crippen LogP contribution in [0.1, 0.15) is 0 Å². The molecule has 0 aliphatic carbocycles. The van der Waals surface area contributed by atoms with E-state index >= 15 is 0 Å². The van der Waals surface area contributed by atoms with E-state index in [4.69, 9.17) is 5.84 Å². The van der Waals surface area contributed by atoms with Crippen molar-refractivity contribution in [2.45, 2.75) is 1.93 Å². The number of carbonyl (C=O) groups excluding carboxylic acids is 1. The summed E-state index contributed by atoms with van der Waals surface area (Å²) in [5.41, 5.74) is 6.93. The average Bonchev–Trinajstić information content (AvgIpc) is 1.87. The largest absolute Gasteiger partial charge is 0.343 e. The highest BCUT2D eigenvalue weighted by Gasteiger charge is 1.97. The molecule has 0 aromatic heterocycles. The zero-order valence-electron chi connectivity index (χ0n) is 5.03. The summed E-state index contributed by atoms with van der Waals surface area (Å²) >= 11 is 4.44. The number of alkyl halides is 2. The maximum Gasteiger partial charge on any atom is 0.343 e. The Morgan fingerprint density at radius 3 is 2.60 bits per heavy atom. The maximum atomic E-state index is 10.4. The fourth-order valence-electron chi connectivity index (χ4n) is 0.245. The molecule has 10 heavy (non-hydrogen) atoms. The SMILES string of the molecule is NNC(=O)NNCC(I)I. The Labute approximate surface area is 86.1 Å². The van der Waals surface area contributed by atoms with Crippen LogP contribution in [0.15, 0.2) is 0 Å². The molecular formula is C3H8I2N4O. The van der Waals surface area contributed by atoms with Gasteiger partial charge < -0.3 is 0 Å². The molecular weight excluding hydrogens is 362 g/mol. The number of rotatable bonds is 3. The van der Waals surface area contributed by atoms with E-state index in [2.05, 4.69) is 56.0 Å². The molecule has 0 rings (SSSR count). The molecule has 0 saturated heterocycles. The zero-order chi connectivity index (χ0) is 7.98. The van der Waals surface area contributed by atoms with E-state index in [1.165, 1.54) is 0 Å². The van der Waals surface area contributed by atoms with E-state index in [9.17, 15) is 4.79 Å². The predicted molar refractivity (Wildman–Crippen MR) is 55.7 cm³/mol. The highest BCUT2D eigenvalue weighted by Crippen LogP contribution is 2.06. The van der Waals surface area contributed by atoms with Crippen molar-refractivity contribution in [1.29, 1.82) is 0 Å². The van der Waals surface area contributed by atoms with Gasteiger partial charge in [-0.15, -0.1) is 0 Å². The first kappa shape index (κ1) is 10.7. The fraction of sp³-hybridized carbons (Fsp3) is 0.667. The van der Waals surface area contributed by atoms with Crippen molar-refractivity contribution in [3.63, 3.8) is 0 Å². The molecule has 60 valence electrons. The molecule has 0 aliphatic rings. The minimum atomic E-state index is -0.437. The van der Waals surface area contributed by atoms with Gasteiger partial charge in [-0.05, 0) is 0 Å². The minimum Gasteiger partial charge on any atom is -0.275 e. The molecule has 0 heterocycles. The van der Waals surface area contributed by atoms with Crippen molar-refractivity contribution >= 4 is 51.2 Å². The molecule has 0 unspecified atom stereocenters. The zero-order valence-corrected chi connectivity index (χ0v) is 9.34. The third-order valence-corrected chi connectivity index (χ3v) is 1.47. The van der Waals surface area contributed by atoms with Gasteiger partial charge in [-0.2, -0.15) is 0 Å². The van der Waals surface area contributed by atoms with Crippen LogP contribution in [-0.2, 0) is 0 Å². The van der Waals surface area contributed by atoms with Crippen LogP contribution in [0.4, 0.5) is 4.79 Å². The van der Waals surface area contributed by atoms with Crippen molar-refractivity contribution in [2.75, 3.05) is 6.54 Å². The van der Waals surface area contributed by atoms with Crippen LogP contribution in [0, 0.1) is 0 Å². The Kier molecular flexibility index (Phi) is 6.78. The summed E-state index contributed by atoms with van der Waals surface area (Å²) in [4.78, 5) is 10.4. The molecule has 5 N–H and O–H groups in total. The number of hydrogen-bond acceptors (Lipinski definition) is 3. The summed E-state index contributed by atoms with van der Waals surface area (Å²) < 4.78 is 0.438. The van der Waals surface area contributed by atoms with Crippen molar-refractivity contribution < 1.29 is 4.79 Å². The quantitative estimate of drug-likeness (QED) is 0.184. The smallest absolute Gasteiger partial charge is 0.275 e. The third kappa shape index (κ3) is 6.77. The average molecular weight is 370 g/mol. The van der Waals surface area contributed by atoms with Gasteiger partial charge in [0.2, 0.25) is 0 Å². The Bertz CT molecular complexity index is 109. The molecule has 0 atom stereocenters. The number of carbonyl (C=O) groups is 1. The number of nitrogens with one attached hydrogen (secondary N) is 3. The topological polar surface area (TPSA) is 79.2 Å². The molecule has 0 saturated carbocycles. The first-order chi connectivity index (χ1) is 4.66. The monoisotopic (exact) mass is 370 g/mol.